The summed E-state index contributed by atoms with van der Waals surface area (Å²) in [5.74, 6) is -0.974. The first-order valence-corrected chi connectivity index (χ1v) is 14.4. The Morgan fingerprint density at radius 1 is 1.19 bits per heavy atom. The number of amides is 1. The van der Waals surface area contributed by atoms with Crippen LogP contribution in [0.5, 0.6) is 5.75 Å². The lowest BCUT2D eigenvalue weighted by Crippen LogP contribution is -2.59. The van der Waals surface area contributed by atoms with Crippen molar-refractivity contribution in [1.82, 2.24) is 14.5 Å². The molecule has 0 radical (unpaired) electrons. The predicted octanol–water partition coefficient (Wildman–Crippen LogP) is 5.54. The molecule has 5 rings (SSSR count). The average Bonchev–Trinajstić information content (AvgIpc) is 2.90. The lowest BCUT2D eigenvalue weighted by molar-refractivity contribution is 0.0130. The number of rotatable bonds is 5. The second-order valence-corrected chi connectivity index (χ2v) is 12.4. The van der Waals surface area contributed by atoms with Crippen molar-refractivity contribution in [3.63, 3.8) is 0 Å². The highest BCUT2D eigenvalue weighted by Crippen LogP contribution is 2.47. The Balaban J connectivity index is 1.67. The number of anilines is 1. The third-order valence-electron chi connectivity index (χ3n) is 7.66. The highest BCUT2D eigenvalue weighted by molar-refractivity contribution is 6.35. The number of piperazine rings is 1. The molecule has 1 N–H and O–H groups in total. The Kier molecular flexibility index (Phi) is 8.10. The summed E-state index contributed by atoms with van der Waals surface area (Å²) < 4.78 is 42.1. The van der Waals surface area contributed by atoms with Gasteiger partial charge in [0.25, 0.3) is 0 Å². The minimum atomic E-state index is -0.817. The summed E-state index contributed by atoms with van der Waals surface area (Å²) >= 11 is 6.80. The van der Waals surface area contributed by atoms with Crippen molar-refractivity contribution in [2.45, 2.75) is 71.2 Å². The third kappa shape index (κ3) is 5.51. The minimum absolute atomic E-state index is 0.0393. The van der Waals surface area contributed by atoms with Crippen LogP contribution < -0.4 is 15.3 Å². The van der Waals surface area contributed by atoms with Crippen LogP contribution in [0.1, 0.15) is 53.5 Å². The van der Waals surface area contributed by atoms with Gasteiger partial charge in [0.2, 0.25) is 0 Å². The second-order valence-electron chi connectivity index (χ2n) is 12.0. The van der Waals surface area contributed by atoms with Crippen LogP contribution in [0.3, 0.4) is 0 Å². The van der Waals surface area contributed by atoms with E-state index in [0.717, 1.165) is 12.1 Å². The second kappa shape index (κ2) is 11.3. The molecule has 42 heavy (non-hydrogen) atoms. The quantitative estimate of drug-likeness (QED) is 0.409. The third-order valence-corrected chi connectivity index (χ3v) is 7.96. The summed E-state index contributed by atoms with van der Waals surface area (Å²) in [5, 5.41) is 10.1. The number of ether oxygens (including phenoxy) is 2. The van der Waals surface area contributed by atoms with Crippen molar-refractivity contribution in [3.05, 3.63) is 51.4 Å². The molecule has 0 unspecified atom stereocenters. The fourth-order valence-corrected chi connectivity index (χ4v) is 6.05. The van der Waals surface area contributed by atoms with Crippen LogP contribution in [0, 0.1) is 11.6 Å². The van der Waals surface area contributed by atoms with Crippen molar-refractivity contribution >= 4 is 34.4 Å². The average molecular weight is 605 g/mol. The van der Waals surface area contributed by atoms with E-state index in [1.54, 1.807) is 11.0 Å². The zero-order chi connectivity index (χ0) is 30.5. The van der Waals surface area contributed by atoms with Gasteiger partial charge >= 0.3 is 11.8 Å². The van der Waals surface area contributed by atoms with Gasteiger partial charge in [-0.15, -0.1) is 0 Å². The molecule has 0 spiro atoms. The first kappa shape index (κ1) is 30.0. The van der Waals surface area contributed by atoms with E-state index in [1.807, 2.05) is 39.5 Å². The number of aliphatic hydroxyl groups is 1. The molecular formula is C30H35ClF2N4O5. The van der Waals surface area contributed by atoms with E-state index in [4.69, 9.17) is 21.1 Å². The van der Waals surface area contributed by atoms with Crippen LogP contribution in [0.4, 0.5) is 19.4 Å². The molecule has 1 amide bonds. The zero-order valence-electron chi connectivity index (χ0n) is 24.3. The summed E-state index contributed by atoms with van der Waals surface area (Å²) in [7, 11) is 0. The number of hydrogen-bond donors (Lipinski definition) is 1. The molecule has 0 bridgehead atoms. The fourth-order valence-electron chi connectivity index (χ4n) is 5.76. The summed E-state index contributed by atoms with van der Waals surface area (Å²) in [4.78, 5) is 34.8. The molecule has 1 fully saturated rings. The Labute approximate surface area is 247 Å². The molecule has 12 heteroatoms. The number of halogens is 3. The molecule has 2 aliphatic rings. The molecule has 3 aromatic rings. The van der Waals surface area contributed by atoms with Gasteiger partial charge in [0, 0.05) is 54.4 Å². The molecule has 1 aromatic heterocycles. The summed E-state index contributed by atoms with van der Waals surface area (Å²) in [6, 6.07) is 3.90. The van der Waals surface area contributed by atoms with E-state index in [0.29, 0.717) is 42.7 Å². The molecule has 1 saturated heterocycles. The van der Waals surface area contributed by atoms with Crippen molar-refractivity contribution in [3.8, 4) is 16.9 Å². The Morgan fingerprint density at radius 3 is 2.60 bits per heavy atom. The summed E-state index contributed by atoms with van der Waals surface area (Å²) in [6.07, 6.45) is 0.477. The highest BCUT2D eigenvalue weighted by atomic mass is 35.5. The van der Waals surface area contributed by atoms with E-state index in [1.165, 1.54) is 10.6 Å². The van der Waals surface area contributed by atoms with Crippen molar-refractivity contribution in [2.75, 3.05) is 31.2 Å². The number of carbonyl (C=O) groups excluding carboxylic acids is 1. The monoisotopic (exact) mass is 604 g/mol. The van der Waals surface area contributed by atoms with Crippen LogP contribution >= 0.6 is 11.6 Å². The van der Waals surface area contributed by atoms with Gasteiger partial charge in [0.1, 0.15) is 29.7 Å². The Morgan fingerprint density at radius 2 is 1.93 bits per heavy atom. The van der Waals surface area contributed by atoms with Crippen molar-refractivity contribution in [1.29, 1.82) is 0 Å². The van der Waals surface area contributed by atoms with Crippen LogP contribution in [-0.2, 0) is 4.74 Å². The number of aliphatic hydroxyl groups excluding tert-OH is 1. The summed E-state index contributed by atoms with van der Waals surface area (Å²) in [6.45, 7) is 9.99. The van der Waals surface area contributed by atoms with Gasteiger partial charge in [-0.05, 0) is 65.7 Å². The molecule has 2 aromatic carbocycles. The van der Waals surface area contributed by atoms with Gasteiger partial charge in [-0.25, -0.2) is 18.4 Å². The predicted molar refractivity (Wildman–Crippen MR) is 156 cm³/mol. The normalized spacial score (nSPS) is 20.5. The molecule has 0 aliphatic carbocycles. The maximum absolute atomic E-state index is 15.0. The lowest BCUT2D eigenvalue weighted by Gasteiger charge is -2.45. The molecule has 226 valence electrons. The highest BCUT2D eigenvalue weighted by Gasteiger charge is 2.38. The number of nitrogens with zero attached hydrogens (tertiary/aromatic N) is 4. The minimum Gasteiger partial charge on any atom is -0.488 e. The van der Waals surface area contributed by atoms with Crippen molar-refractivity contribution in [2.24, 2.45) is 0 Å². The zero-order valence-corrected chi connectivity index (χ0v) is 25.0. The van der Waals surface area contributed by atoms with E-state index in [2.05, 4.69) is 4.98 Å². The number of carbonyl (C=O) groups is 1. The molecule has 0 saturated carbocycles. The van der Waals surface area contributed by atoms with Crippen LogP contribution in [-0.4, -0.2) is 69.6 Å². The Hall–Kier alpha value is -3.44. The van der Waals surface area contributed by atoms with E-state index in [9.17, 15) is 19.1 Å². The standard InChI is InChI=1S/C30H35ClF2N4O5/c1-16-14-36(29(40)42-30(3,4)5)17(2)13-35(16)27-21-12-22(31)24(20-9-8-18(32)11-23(20)33)26-25(21)37(28(39)34-27)19(15-41-26)7-6-10-38/h8-9,11-12,16-17,19,38H,6-7,10,13-15H2,1-5H3/t16-,17-,19+/m0/s1. The van der Waals surface area contributed by atoms with Crippen LogP contribution in [0.25, 0.3) is 22.0 Å². The van der Waals surface area contributed by atoms with Gasteiger partial charge in [0.05, 0.1) is 16.6 Å². The van der Waals surface area contributed by atoms with E-state index >= 15 is 4.39 Å². The molecule has 3 heterocycles. The van der Waals surface area contributed by atoms with Gasteiger partial charge in [0.15, 0.2) is 5.75 Å². The van der Waals surface area contributed by atoms with Gasteiger partial charge in [-0.3, -0.25) is 4.57 Å². The molecular weight excluding hydrogens is 570 g/mol. The van der Waals surface area contributed by atoms with E-state index < -0.39 is 35.1 Å². The maximum Gasteiger partial charge on any atom is 0.410 e. The van der Waals surface area contributed by atoms with Crippen molar-refractivity contribution < 1.29 is 28.2 Å². The van der Waals surface area contributed by atoms with Gasteiger partial charge in [-0.1, -0.05) is 11.6 Å². The first-order chi connectivity index (χ1) is 19.8. The largest absolute Gasteiger partial charge is 0.488 e. The van der Waals surface area contributed by atoms with Gasteiger partial charge in [-0.2, -0.15) is 4.98 Å². The molecule has 3 atom stereocenters. The smallest absolute Gasteiger partial charge is 0.410 e. The Bertz CT molecular complexity index is 1590. The molecule has 2 aliphatic heterocycles. The number of aromatic nitrogens is 2. The topological polar surface area (TPSA) is 97.1 Å². The number of hydrogen-bond acceptors (Lipinski definition) is 7. The lowest BCUT2D eigenvalue weighted by atomic mass is 9.98. The van der Waals surface area contributed by atoms with Crippen LogP contribution in [0.2, 0.25) is 5.02 Å². The maximum atomic E-state index is 15.0. The summed E-state index contributed by atoms with van der Waals surface area (Å²) in [5.41, 5.74) is -0.514. The first-order valence-electron chi connectivity index (χ1n) is 14.0. The van der Waals surface area contributed by atoms with Gasteiger partial charge < -0.3 is 24.4 Å². The molecule has 9 nitrogen and oxygen atoms in total. The van der Waals surface area contributed by atoms with E-state index in [-0.39, 0.29) is 47.2 Å². The van der Waals surface area contributed by atoms with Crippen LogP contribution in [0.15, 0.2) is 29.1 Å². The SMILES string of the molecule is C[C@H]1CN(c2nc(=O)n3c4c(c(-c5ccc(F)cc5F)c(Cl)cc24)OC[C@H]3CCCO)[C@@H](C)CN1C(=O)OC(C)(C)C. The number of benzene rings is 2. The fraction of sp³-hybridized carbons (Fsp3) is 0.500.